The summed E-state index contributed by atoms with van der Waals surface area (Å²) in [5.41, 5.74) is 5.56. The fourth-order valence-corrected chi connectivity index (χ4v) is 4.76. The lowest BCUT2D eigenvalue weighted by Gasteiger charge is -2.14. The van der Waals surface area contributed by atoms with Crippen LogP contribution in [-0.4, -0.2) is 49.1 Å². The number of carbonyl (C=O) groups is 1. The molecule has 0 saturated carbocycles. The molecule has 0 aliphatic carbocycles. The first-order valence-electron chi connectivity index (χ1n) is 14.3. The van der Waals surface area contributed by atoms with E-state index in [1.165, 1.54) is 5.56 Å². The van der Waals surface area contributed by atoms with Gasteiger partial charge in [-0.25, -0.2) is 4.98 Å². The molecule has 0 aliphatic rings. The number of rotatable bonds is 17. The molecule has 3 aromatic carbocycles. The normalized spacial score (nSPS) is 11.0. The molecule has 0 atom stereocenters. The first-order chi connectivity index (χ1) is 19.8. The van der Waals surface area contributed by atoms with Crippen molar-refractivity contribution in [2.75, 3.05) is 33.5 Å². The molecular weight excluding hydrogens is 500 g/mol. The Labute approximate surface area is 237 Å². The van der Waals surface area contributed by atoms with Gasteiger partial charge in [0.2, 0.25) is 0 Å². The highest BCUT2D eigenvalue weighted by molar-refractivity contribution is 5.82. The minimum Gasteiger partial charge on any atom is -0.463 e. The van der Waals surface area contributed by atoms with Crippen molar-refractivity contribution in [3.8, 4) is 33.9 Å². The summed E-state index contributed by atoms with van der Waals surface area (Å²) in [6.07, 6.45) is 5.51. The van der Waals surface area contributed by atoms with Gasteiger partial charge in [0.25, 0.3) is 0 Å². The van der Waals surface area contributed by atoms with Crippen molar-refractivity contribution in [2.24, 2.45) is 0 Å². The summed E-state index contributed by atoms with van der Waals surface area (Å²) < 4.78 is 17.9. The van der Waals surface area contributed by atoms with Crippen LogP contribution in [0.25, 0.3) is 33.9 Å². The second kappa shape index (κ2) is 16.4. The molecule has 0 saturated heterocycles. The van der Waals surface area contributed by atoms with Crippen LogP contribution in [0.2, 0.25) is 0 Å². The first kappa shape index (κ1) is 29.2. The van der Waals surface area contributed by atoms with Crippen LogP contribution in [0.3, 0.4) is 0 Å². The van der Waals surface area contributed by atoms with Crippen molar-refractivity contribution in [1.29, 1.82) is 0 Å². The molecule has 0 spiro atoms. The topological polar surface area (TPSA) is 62.6 Å². The minimum atomic E-state index is -0.151. The highest BCUT2D eigenvalue weighted by Crippen LogP contribution is 2.36. The number of imidazole rings is 1. The van der Waals surface area contributed by atoms with E-state index in [0.717, 1.165) is 67.0 Å². The maximum absolute atomic E-state index is 12.0. The quantitative estimate of drug-likeness (QED) is 0.103. The molecule has 40 heavy (non-hydrogen) atoms. The number of benzene rings is 3. The Bertz CT molecular complexity index is 1270. The second-order valence-electron chi connectivity index (χ2n) is 9.73. The van der Waals surface area contributed by atoms with E-state index in [2.05, 4.69) is 83.4 Å². The lowest BCUT2D eigenvalue weighted by atomic mass is 10.0. The highest BCUT2D eigenvalue weighted by atomic mass is 16.6. The van der Waals surface area contributed by atoms with E-state index in [1.807, 2.05) is 12.1 Å². The van der Waals surface area contributed by atoms with E-state index in [-0.39, 0.29) is 5.97 Å². The zero-order valence-corrected chi connectivity index (χ0v) is 23.5. The minimum absolute atomic E-state index is 0.151. The number of esters is 1. The van der Waals surface area contributed by atoms with Gasteiger partial charge in [0.15, 0.2) is 0 Å². The average Bonchev–Trinajstić information content (AvgIpc) is 3.39. The van der Waals surface area contributed by atoms with Crippen molar-refractivity contribution in [2.45, 2.75) is 45.1 Å². The van der Waals surface area contributed by atoms with Gasteiger partial charge in [0.05, 0.1) is 31.2 Å². The Morgan fingerprint density at radius 3 is 1.93 bits per heavy atom. The van der Waals surface area contributed by atoms with E-state index in [0.29, 0.717) is 32.8 Å². The third-order valence-corrected chi connectivity index (χ3v) is 6.78. The number of aromatic nitrogens is 2. The second-order valence-corrected chi connectivity index (χ2v) is 9.73. The van der Waals surface area contributed by atoms with Crippen molar-refractivity contribution < 1.29 is 19.0 Å². The number of unbranched alkanes of at least 4 members (excludes halogenated alkanes) is 4. The number of hydrogen-bond acceptors (Lipinski definition) is 5. The van der Waals surface area contributed by atoms with Gasteiger partial charge < -0.3 is 18.8 Å². The van der Waals surface area contributed by atoms with E-state index in [9.17, 15) is 4.79 Å². The van der Waals surface area contributed by atoms with E-state index >= 15 is 0 Å². The van der Waals surface area contributed by atoms with Crippen LogP contribution in [0.1, 0.15) is 38.5 Å². The third kappa shape index (κ3) is 8.63. The largest absolute Gasteiger partial charge is 0.463 e. The Morgan fingerprint density at radius 2 is 1.25 bits per heavy atom. The van der Waals surface area contributed by atoms with Crippen LogP contribution < -0.4 is 0 Å². The van der Waals surface area contributed by atoms with Crippen molar-refractivity contribution >= 4 is 5.97 Å². The van der Waals surface area contributed by atoms with Gasteiger partial charge in [-0.2, -0.15) is 0 Å². The van der Waals surface area contributed by atoms with Crippen molar-refractivity contribution in [3.05, 3.63) is 91.0 Å². The molecule has 6 nitrogen and oxygen atoms in total. The fourth-order valence-electron chi connectivity index (χ4n) is 4.76. The van der Waals surface area contributed by atoms with Crippen LogP contribution in [0.5, 0.6) is 0 Å². The summed E-state index contributed by atoms with van der Waals surface area (Å²) in [6.45, 7) is 2.64. The summed E-state index contributed by atoms with van der Waals surface area (Å²) in [5, 5.41) is 0. The molecule has 0 bridgehead atoms. The summed E-state index contributed by atoms with van der Waals surface area (Å²) in [5.74, 6) is 0.842. The van der Waals surface area contributed by atoms with Gasteiger partial charge in [-0.1, -0.05) is 110 Å². The number of carbonyl (C=O) groups excluding carboxylic acids is 1. The number of nitrogens with zero attached hydrogens (tertiary/aromatic N) is 2. The molecule has 0 fully saturated rings. The summed E-state index contributed by atoms with van der Waals surface area (Å²) in [6, 6.07) is 31.4. The zero-order valence-electron chi connectivity index (χ0n) is 23.5. The Morgan fingerprint density at radius 1 is 0.675 bits per heavy atom. The van der Waals surface area contributed by atoms with Gasteiger partial charge in [-0.3, -0.25) is 4.79 Å². The number of hydrogen-bond donors (Lipinski definition) is 0. The average molecular weight is 541 g/mol. The molecule has 1 aromatic heterocycles. The van der Waals surface area contributed by atoms with Crippen LogP contribution in [0.15, 0.2) is 91.0 Å². The molecule has 210 valence electrons. The first-order valence-corrected chi connectivity index (χ1v) is 14.3. The van der Waals surface area contributed by atoms with E-state index < -0.39 is 0 Å². The Kier molecular flexibility index (Phi) is 12.0. The monoisotopic (exact) mass is 540 g/mol. The molecule has 0 aliphatic heterocycles. The fraction of sp³-hybridized carbons (Fsp3) is 0.353. The zero-order chi connectivity index (χ0) is 27.8. The van der Waals surface area contributed by atoms with Crippen LogP contribution >= 0.6 is 0 Å². The summed E-state index contributed by atoms with van der Waals surface area (Å²) in [4.78, 5) is 17.2. The smallest absolute Gasteiger partial charge is 0.305 e. The lowest BCUT2D eigenvalue weighted by molar-refractivity contribution is -0.145. The molecule has 0 radical (unpaired) electrons. The molecule has 0 unspecified atom stereocenters. The van der Waals surface area contributed by atoms with Crippen LogP contribution in [0, 0.1) is 0 Å². The number of ether oxygens (including phenoxy) is 3. The third-order valence-electron chi connectivity index (χ3n) is 6.78. The van der Waals surface area contributed by atoms with Crippen molar-refractivity contribution in [1.82, 2.24) is 9.55 Å². The van der Waals surface area contributed by atoms with Gasteiger partial charge in [-0.15, -0.1) is 0 Å². The molecule has 0 amide bonds. The molecular formula is C34H40N2O4. The maximum Gasteiger partial charge on any atom is 0.305 e. The lowest BCUT2D eigenvalue weighted by Crippen LogP contribution is -2.12. The van der Waals surface area contributed by atoms with Crippen LogP contribution in [0.4, 0.5) is 0 Å². The van der Waals surface area contributed by atoms with Gasteiger partial charge in [0, 0.05) is 36.8 Å². The summed E-state index contributed by atoms with van der Waals surface area (Å²) in [7, 11) is 1.63. The molecule has 4 rings (SSSR count). The predicted octanol–water partition coefficient (Wildman–Crippen LogP) is 7.43. The van der Waals surface area contributed by atoms with Gasteiger partial charge >= 0.3 is 5.97 Å². The molecule has 1 heterocycles. The maximum atomic E-state index is 12.0. The van der Waals surface area contributed by atoms with Gasteiger partial charge in [-0.05, 0) is 12.8 Å². The molecule has 4 aromatic rings. The van der Waals surface area contributed by atoms with E-state index in [4.69, 9.17) is 19.2 Å². The molecule has 0 N–H and O–H groups in total. The summed E-state index contributed by atoms with van der Waals surface area (Å²) >= 11 is 0. The SMILES string of the molecule is COCCOCCOC(=O)CCCCCCCn1c(-c2ccccc2)nc(-c2ccccc2)c1-c1ccccc1. The number of methoxy groups -OCH3 is 1. The predicted molar refractivity (Wildman–Crippen MR) is 160 cm³/mol. The van der Waals surface area contributed by atoms with Crippen molar-refractivity contribution in [3.63, 3.8) is 0 Å². The van der Waals surface area contributed by atoms with Crippen LogP contribution in [-0.2, 0) is 25.5 Å². The Hall–Kier alpha value is -3.74. The standard InChI is InChI=1S/C34H40N2O4/c1-38-24-25-39-26-27-40-31(37)22-14-3-2-4-15-23-36-33(29-18-10-6-11-19-29)32(28-16-8-5-9-17-28)35-34(36)30-20-12-7-13-21-30/h5-13,16-21H,2-4,14-15,22-27H2,1H3. The van der Waals surface area contributed by atoms with E-state index in [1.54, 1.807) is 7.11 Å². The Balaban J connectivity index is 1.37. The molecule has 6 heteroatoms. The highest BCUT2D eigenvalue weighted by Gasteiger charge is 2.20. The van der Waals surface area contributed by atoms with Gasteiger partial charge in [0.1, 0.15) is 12.4 Å².